The molecular formula is C28H22Cl2N4O2. The van der Waals surface area contributed by atoms with Crippen molar-refractivity contribution in [1.29, 1.82) is 0 Å². The molecule has 5 rings (SSSR count). The van der Waals surface area contributed by atoms with Crippen molar-refractivity contribution in [3.63, 3.8) is 0 Å². The van der Waals surface area contributed by atoms with E-state index in [1.165, 1.54) is 0 Å². The van der Waals surface area contributed by atoms with Crippen LogP contribution in [0.5, 0.6) is 0 Å². The van der Waals surface area contributed by atoms with Crippen molar-refractivity contribution in [1.82, 2.24) is 0 Å². The molecule has 6 nitrogen and oxygen atoms in total. The number of carbonyl (C=O) groups excluding carboxylic acids is 2. The van der Waals surface area contributed by atoms with Crippen LogP contribution in [-0.2, 0) is 0 Å². The molecule has 0 heterocycles. The summed E-state index contributed by atoms with van der Waals surface area (Å²) in [4.78, 5) is 27.9. The van der Waals surface area contributed by atoms with Crippen LogP contribution in [0.3, 0.4) is 0 Å². The van der Waals surface area contributed by atoms with Crippen molar-refractivity contribution in [2.75, 3.05) is 22.1 Å². The Morgan fingerprint density at radius 1 is 0.583 bits per heavy atom. The second-order valence-electron chi connectivity index (χ2n) is 8.78. The van der Waals surface area contributed by atoms with Gasteiger partial charge in [0.2, 0.25) is 0 Å². The van der Waals surface area contributed by atoms with Crippen LogP contribution in [0.1, 0.15) is 43.0 Å². The molecule has 0 unspecified atom stereocenters. The largest absolute Gasteiger partial charge is 0.397 e. The van der Waals surface area contributed by atoms with Crippen LogP contribution >= 0.6 is 23.2 Å². The number of nitrogen functional groups attached to an aromatic ring is 2. The lowest BCUT2D eigenvalue weighted by Crippen LogP contribution is -2.26. The molecule has 1 aliphatic carbocycles. The van der Waals surface area contributed by atoms with Crippen molar-refractivity contribution in [2.45, 2.75) is 13.8 Å². The van der Waals surface area contributed by atoms with E-state index in [0.717, 1.165) is 22.5 Å². The normalized spacial score (nSPS) is 12.2. The van der Waals surface area contributed by atoms with Gasteiger partial charge in [0.1, 0.15) is 0 Å². The molecule has 0 fully saturated rings. The Bertz CT molecular complexity index is 1450. The number of hydrogen-bond donors (Lipinski definition) is 4. The molecule has 0 aliphatic heterocycles. The fourth-order valence-electron chi connectivity index (χ4n) is 4.31. The Kier molecular flexibility index (Phi) is 5.86. The summed E-state index contributed by atoms with van der Waals surface area (Å²) in [7, 11) is 0. The molecule has 0 bridgehead atoms. The Morgan fingerprint density at radius 3 is 1.28 bits per heavy atom. The maximum Gasteiger partial charge on any atom is 0.198 e. The Hall–Kier alpha value is -4.00. The summed E-state index contributed by atoms with van der Waals surface area (Å²) in [5.41, 5.74) is 17.1. The number of rotatable bonds is 4. The first-order chi connectivity index (χ1) is 17.2. The van der Waals surface area contributed by atoms with Gasteiger partial charge in [0, 0.05) is 11.4 Å². The molecule has 0 amide bonds. The average molecular weight is 517 g/mol. The lowest BCUT2D eigenvalue weighted by molar-refractivity contribution is 0.0981. The van der Waals surface area contributed by atoms with E-state index in [9.17, 15) is 9.59 Å². The third kappa shape index (κ3) is 3.94. The molecule has 0 spiro atoms. The molecule has 8 heteroatoms. The summed E-state index contributed by atoms with van der Waals surface area (Å²) < 4.78 is 0. The van der Waals surface area contributed by atoms with Crippen molar-refractivity contribution in [3.8, 4) is 0 Å². The second-order valence-corrected chi connectivity index (χ2v) is 9.59. The molecule has 0 saturated heterocycles. The van der Waals surface area contributed by atoms with E-state index in [0.29, 0.717) is 11.4 Å². The van der Waals surface area contributed by atoms with Crippen LogP contribution in [0.2, 0.25) is 10.0 Å². The highest BCUT2D eigenvalue weighted by atomic mass is 35.5. The van der Waals surface area contributed by atoms with Crippen LogP contribution < -0.4 is 22.1 Å². The molecule has 180 valence electrons. The fraction of sp³-hybridized carbons (Fsp3) is 0.0714. The highest BCUT2D eigenvalue weighted by Crippen LogP contribution is 2.45. The van der Waals surface area contributed by atoms with Gasteiger partial charge in [-0.3, -0.25) is 9.59 Å². The van der Waals surface area contributed by atoms with E-state index in [4.69, 9.17) is 34.7 Å². The summed E-state index contributed by atoms with van der Waals surface area (Å²) >= 11 is 12.8. The molecular weight excluding hydrogens is 495 g/mol. The first-order valence-electron chi connectivity index (χ1n) is 11.2. The van der Waals surface area contributed by atoms with Gasteiger partial charge in [-0.1, -0.05) is 58.6 Å². The van der Waals surface area contributed by atoms with Crippen LogP contribution in [0.4, 0.5) is 34.1 Å². The van der Waals surface area contributed by atoms with Crippen molar-refractivity contribution in [2.24, 2.45) is 0 Å². The minimum atomic E-state index is -0.515. The van der Waals surface area contributed by atoms with Gasteiger partial charge in [0.25, 0.3) is 0 Å². The average Bonchev–Trinajstić information content (AvgIpc) is 2.84. The highest BCUT2D eigenvalue weighted by Gasteiger charge is 2.38. The van der Waals surface area contributed by atoms with E-state index in [-0.39, 0.29) is 43.7 Å². The van der Waals surface area contributed by atoms with Gasteiger partial charge in [0.15, 0.2) is 11.6 Å². The van der Waals surface area contributed by atoms with E-state index in [2.05, 4.69) is 10.6 Å². The number of anilines is 6. The van der Waals surface area contributed by atoms with Gasteiger partial charge in [-0.25, -0.2) is 0 Å². The van der Waals surface area contributed by atoms with Gasteiger partial charge >= 0.3 is 0 Å². The molecule has 0 saturated carbocycles. The standard InChI is InChI=1S/C28H22Cl2N4O2/c1-13-3-7-15(8-4-13)33-19-11-17(29)25(31)23-21(19)27(35)22-20(34-16-9-5-14(2)6-10-16)12-18(30)26(32)24(22)28(23)36/h3-12,33-34H,31-32H2,1-2H3. The Morgan fingerprint density at radius 2 is 0.917 bits per heavy atom. The van der Waals surface area contributed by atoms with Crippen LogP contribution in [-0.4, -0.2) is 11.6 Å². The van der Waals surface area contributed by atoms with E-state index in [1.807, 2.05) is 62.4 Å². The summed E-state index contributed by atoms with van der Waals surface area (Å²) in [5.74, 6) is -0.936. The first-order valence-corrected chi connectivity index (χ1v) is 11.9. The third-order valence-corrected chi connectivity index (χ3v) is 6.83. The van der Waals surface area contributed by atoms with Gasteiger partial charge < -0.3 is 22.1 Å². The summed E-state index contributed by atoms with van der Waals surface area (Å²) in [5, 5.41) is 6.73. The third-order valence-electron chi connectivity index (χ3n) is 6.20. The molecule has 0 atom stereocenters. The SMILES string of the molecule is Cc1ccc(Nc2cc(Cl)c(N)c3c2C(=O)c2c(Nc4ccc(C)cc4)cc(Cl)c(N)c2C3=O)cc1. The zero-order valence-electron chi connectivity index (χ0n) is 19.5. The number of nitrogens with two attached hydrogens (primary N) is 2. The quantitative estimate of drug-likeness (QED) is 0.190. The van der Waals surface area contributed by atoms with E-state index in [1.54, 1.807) is 12.1 Å². The topological polar surface area (TPSA) is 110 Å². The predicted molar refractivity (Wildman–Crippen MR) is 148 cm³/mol. The number of fused-ring (bicyclic) bond motifs is 2. The van der Waals surface area contributed by atoms with Gasteiger partial charge in [-0.15, -0.1) is 0 Å². The number of halogens is 2. The van der Waals surface area contributed by atoms with Crippen LogP contribution in [0, 0.1) is 13.8 Å². The molecule has 0 aromatic heterocycles. The summed E-state index contributed by atoms with van der Waals surface area (Å²) in [6.07, 6.45) is 0. The maximum atomic E-state index is 14.1. The van der Waals surface area contributed by atoms with Crippen molar-refractivity contribution < 1.29 is 9.59 Å². The van der Waals surface area contributed by atoms with E-state index < -0.39 is 11.6 Å². The number of aryl methyl sites for hydroxylation is 2. The molecule has 4 aromatic rings. The minimum absolute atomic E-state index is 0.00450. The van der Waals surface area contributed by atoms with Gasteiger partial charge in [-0.05, 0) is 50.2 Å². The minimum Gasteiger partial charge on any atom is -0.397 e. The number of hydrogen-bond acceptors (Lipinski definition) is 6. The number of carbonyl (C=O) groups is 2. The second kappa shape index (κ2) is 8.90. The van der Waals surface area contributed by atoms with Crippen LogP contribution in [0.25, 0.3) is 0 Å². The van der Waals surface area contributed by atoms with E-state index >= 15 is 0 Å². The molecule has 6 N–H and O–H groups in total. The number of benzene rings is 4. The number of ketones is 2. The van der Waals surface area contributed by atoms with Crippen LogP contribution in [0.15, 0.2) is 60.7 Å². The van der Waals surface area contributed by atoms with Crippen molar-refractivity contribution >= 4 is 68.9 Å². The fourth-order valence-corrected chi connectivity index (χ4v) is 4.71. The molecule has 4 aromatic carbocycles. The molecule has 1 aliphatic rings. The maximum absolute atomic E-state index is 14.1. The first kappa shape index (κ1) is 23.7. The highest BCUT2D eigenvalue weighted by molar-refractivity contribution is 6.42. The number of nitrogens with one attached hydrogen (secondary N) is 2. The molecule has 0 radical (unpaired) electrons. The zero-order valence-corrected chi connectivity index (χ0v) is 21.0. The summed E-state index contributed by atoms with van der Waals surface area (Å²) in [6, 6.07) is 18.3. The molecule has 36 heavy (non-hydrogen) atoms. The predicted octanol–water partition coefficient (Wildman–Crippen LogP) is 7.04. The monoisotopic (exact) mass is 516 g/mol. The summed E-state index contributed by atoms with van der Waals surface area (Å²) in [6.45, 7) is 3.95. The lowest BCUT2D eigenvalue weighted by Gasteiger charge is -2.26. The zero-order chi connectivity index (χ0) is 25.7. The smallest absolute Gasteiger partial charge is 0.198 e. The lowest BCUT2D eigenvalue weighted by atomic mass is 9.80. The van der Waals surface area contributed by atoms with Crippen molar-refractivity contribution in [3.05, 3.63) is 104 Å². The van der Waals surface area contributed by atoms with Gasteiger partial charge in [-0.2, -0.15) is 0 Å². The van der Waals surface area contributed by atoms with Gasteiger partial charge in [0.05, 0.1) is 55.0 Å². The Labute approximate surface area is 218 Å². The Balaban J connectivity index is 1.71.